The lowest BCUT2D eigenvalue weighted by atomic mass is 10.2. The van der Waals surface area contributed by atoms with Gasteiger partial charge < -0.3 is 9.84 Å². The molecule has 0 aromatic heterocycles. The average Bonchev–Trinajstić information content (AvgIpc) is 1.63. The molecule has 0 aliphatic rings. The molecule has 0 aromatic carbocycles. The van der Waals surface area contributed by atoms with Gasteiger partial charge in [-0.3, -0.25) is 0 Å². The first-order valence-corrected chi connectivity index (χ1v) is 2.99. The van der Waals surface area contributed by atoms with Crippen LogP contribution in [0.1, 0.15) is 13.8 Å². The van der Waals surface area contributed by atoms with Gasteiger partial charge in [-0.25, -0.2) is 0 Å². The summed E-state index contributed by atoms with van der Waals surface area (Å²) in [4.78, 5) is 0. The van der Waals surface area contributed by atoms with Gasteiger partial charge in [0, 0.05) is 7.11 Å². The number of rotatable bonds is 3. The van der Waals surface area contributed by atoms with Crippen LogP contribution in [-0.2, 0) is 4.74 Å². The Bertz CT molecular complexity index is 93.1. The van der Waals surface area contributed by atoms with Crippen LogP contribution in [0.4, 0.5) is 0 Å². The van der Waals surface area contributed by atoms with Crippen LogP contribution in [0.15, 0.2) is 11.6 Å². The fourth-order valence-electron chi connectivity index (χ4n) is 0.604. The van der Waals surface area contributed by atoms with Gasteiger partial charge in [-0.15, -0.1) is 0 Å². The van der Waals surface area contributed by atoms with E-state index in [0.29, 0.717) is 6.61 Å². The Morgan fingerprint density at radius 1 is 1.67 bits per heavy atom. The monoisotopic (exact) mass is 130 g/mol. The summed E-state index contributed by atoms with van der Waals surface area (Å²) in [5.74, 6) is 0. The van der Waals surface area contributed by atoms with Gasteiger partial charge >= 0.3 is 0 Å². The Labute approximate surface area is 56.1 Å². The van der Waals surface area contributed by atoms with Crippen LogP contribution >= 0.6 is 0 Å². The SMILES string of the molecule is COCC(O)C=C(C)C. The van der Waals surface area contributed by atoms with Crippen molar-refractivity contribution in [2.45, 2.75) is 20.0 Å². The molecule has 0 amide bonds. The minimum Gasteiger partial charge on any atom is -0.387 e. The molecule has 0 spiro atoms. The molecule has 0 aliphatic carbocycles. The lowest BCUT2D eigenvalue weighted by Gasteiger charge is -2.02. The standard InChI is InChI=1S/C7H14O2/c1-6(2)4-7(8)5-9-3/h4,7-8H,5H2,1-3H3. The first kappa shape index (κ1) is 8.66. The number of methoxy groups -OCH3 is 1. The van der Waals surface area contributed by atoms with Gasteiger partial charge in [-0.05, 0) is 13.8 Å². The average molecular weight is 130 g/mol. The van der Waals surface area contributed by atoms with Crippen molar-refractivity contribution >= 4 is 0 Å². The van der Waals surface area contributed by atoms with Crippen molar-refractivity contribution < 1.29 is 9.84 Å². The maximum atomic E-state index is 9.02. The second-order valence-electron chi connectivity index (χ2n) is 2.27. The van der Waals surface area contributed by atoms with E-state index in [-0.39, 0.29) is 0 Å². The van der Waals surface area contributed by atoms with Gasteiger partial charge in [-0.1, -0.05) is 11.6 Å². The van der Waals surface area contributed by atoms with Gasteiger partial charge in [0.25, 0.3) is 0 Å². The molecule has 0 fully saturated rings. The Balaban J connectivity index is 3.49. The molecule has 1 atom stereocenters. The number of aliphatic hydroxyl groups is 1. The number of allylic oxidation sites excluding steroid dienone is 1. The van der Waals surface area contributed by atoms with Gasteiger partial charge in [0.15, 0.2) is 0 Å². The zero-order valence-corrected chi connectivity index (χ0v) is 6.22. The topological polar surface area (TPSA) is 29.5 Å². The van der Waals surface area contributed by atoms with Gasteiger partial charge in [0.2, 0.25) is 0 Å². The quantitative estimate of drug-likeness (QED) is 0.576. The van der Waals surface area contributed by atoms with Crippen LogP contribution in [0.2, 0.25) is 0 Å². The van der Waals surface area contributed by atoms with Crippen LogP contribution in [0.25, 0.3) is 0 Å². The highest BCUT2D eigenvalue weighted by Gasteiger charge is 1.95. The van der Waals surface area contributed by atoms with E-state index < -0.39 is 6.10 Å². The smallest absolute Gasteiger partial charge is 0.0956 e. The predicted molar refractivity (Wildman–Crippen MR) is 37.3 cm³/mol. The Morgan fingerprint density at radius 3 is 2.56 bits per heavy atom. The summed E-state index contributed by atoms with van der Waals surface area (Å²) < 4.78 is 4.71. The van der Waals surface area contributed by atoms with E-state index in [0.717, 1.165) is 5.57 Å². The normalized spacial score (nSPS) is 12.9. The summed E-state index contributed by atoms with van der Waals surface area (Å²) in [7, 11) is 1.57. The lowest BCUT2D eigenvalue weighted by molar-refractivity contribution is 0.0929. The van der Waals surface area contributed by atoms with Crippen molar-refractivity contribution in [1.29, 1.82) is 0 Å². The summed E-state index contributed by atoms with van der Waals surface area (Å²) in [5.41, 5.74) is 1.11. The highest BCUT2D eigenvalue weighted by molar-refractivity contribution is 4.97. The highest BCUT2D eigenvalue weighted by atomic mass is 16.5. The van der Waals surface area contributed by atoms with Crippen LogP contribution in [0, 0.1) is 0 Å². The van der Waals surface area contributed by atoms with Crippen molar-refractivity contribution in [3.05, 3.63) is 11.6 Å². The molecule has 0 heterocycles. The molecule has 2 heteroatoms. The predicted octanol–water partition coefficient (Wildman–Crippen LogP) is 0.960. The van der Waals surface area contributed by atoms with E-state index in [9.17, 15) is 0 Å². The molecule has 9 heavy (non-hydrogen) atoms. The maximum Gasteiger partial charge on any atom is 0.0956 e. The van der Waals surface area contributed by atoms with Crippen LogP contribution < -0.4 is 0 Å². The number of hydrogen-bond acceptors (Lipinski definition) is 2. The largest absolute Gasteiger partial charge is 0.387 e. The maximum absolute atomic E-state index is 9.02. The third-order valence-electron chi connectivity index (χ3n) is 0.863. The van der Waals surface area contributed by atoms with Gasteiger partial charge in [0.1, 0.15) is 0 Å². The zero-order valence-electron chi connectivity index (χ0n) is 6.22. The molecule has 0 radical (unpaired) electrons. The molecule has 0 aromatic rings. The molecule has 0 aliphatic heterocycles. The van der Waals surface area contributed by atoms with Crippen molar-refractivity contribution in [2.24, 2.45) is 0 Å². The summed E-state index contributed by atoms with van der Waals surface area (Å²) in [6.45, 7) is 4.27. The minimum absolute atomic E-state index is 0.380. The van der Waals surface area contributed by atoms with E-state index in [4.69, 9.17) is 9.84 Å². The third-order valence-corrected chi connectivity index (χ3v) is 0.863. The summed E-state index contributed by atoms with van der Waals surface area (Å²) in [5, 5.41) is 9.02. The molecule has 0 rings (SSSR count). The highest BCUT2D eigenvalue weighted by Crippen LogP contribution is 1.93. The van der Waals surface area contributed by atoms with Crippen LogP contribution in [0.3, 0.4) is 0 Å². The number of ether oxygens (including phenoxy) is 1. The first-order valence-electron chi connectivity index (χ1n) is 2.99. The fourth-order valence-corrected chi connectivity index (χ4v) is 0.604. The molecule has 0 saturated carbocycles. The van der Waals surface area contributed by atoms with E-state index in [1.807, 2.05) is 13.8 Å². The van der Waals surface area contributed by atoms with Crippen LogP contribution in [-0.4, -0.2) is 24.9 Å². The molecule has 1 N–H and O–H groups in total. The molecule has 0 bridgehead atoms. The Morgan fingerprint density at radius 2 is 2.22 bits per heavy atom. The van der Waals surface area contributed by atoms with E-state index in [2.05, 4.69) is 0 Å². The Kier molecular flexibility index (Phi) is 4.36. The third kappa shape index (κ3) is 5.53. The summed E-state index contributed by atoms with van der Waals surface area (Å²) in [6.07, 6.45) is 1.32. The lowest BCUT2D eigenvalue weighted by Crippen LogP contribution is -2.10. The molecule has 1 unspecified atom stereocenters. The molecule has 0 saturated heterocycles. The zero-order chi connectivity index (χ0) is 7.28. The molecule has 2 nitrogen and oxygen atoms in total. The number of hydrogen-bond donors (Lipinski definition) is 1. The van der Waals surface area contributed by atoms with Gasteiger partial charge in [-0.2, -0.15) is 0 Å². The van der Waals surface area contributed by atoms with Crippen molar-refractivity contribution in [2.75, 3.05) is 13.7 Å². The van der Waals surface area contributed by atoms with E-state index in [1.165, 1.54) is 0 Å². The van der Waals surface area contributed by atoms with E-state index >= 15 is 0 Å². The first-order chi connectivity index (χ1) is 4.16. The fraction of sp³-hybridized carbons (Fsp3) is 0.714. The number of aliphatic hydroxyl groups excluding tert-OH is 1. The van der Waals surface area contributed by atoms with Gasteiger partial charge in [0.05, 0.1) is 12.7 Å². The van der Waals surface area contributed by atoms with Crippen molar-refractivity contribution in [1.82, 2.24) is 0 Å². The minimum atomic E-state index is -0.444. The molecule has 54 valence electrons. The molecular formula is C7H14O2. The summed E-state index contributed by atoms with van der Waals surface area (Å²) in [6, 6.07) is 0. The van der Waals surface area contributed by atoms with Crippen molar-refractivity contribution in [3.63, 3.8) is 0 Å². The van der Waals surface area contributed by atoms with Crippen molar-refractivity contribution in [3.8, 4) is 0 Å². The Hall–Kier alpha value is -0.340. The second kappa shape index (κ2) is 4.53. The molecular weight excluding hydrogens is 116 g/mol. The summed E-state index contributed by atoms with van der Waals surface area (Å²) >= 11 is 0. The van der Waals surface area contributed by atoms with Crippen LogP contribution in [0.5, 0.6) is 0 Å². The van der Waals surface area contributed by atoms with E-state index in [1.54, 1.807) is 13.2 Å². The second-order valence-corrected chi connectivity index (χ2v) is 2.27.